The van der Waals surface area contributed by atoms with E-state index in [2.05, 4.69) is 73.9 Å². The Hall–Kier alpha value is -1.16. The predicted octanol–water partition coefficient (Wildman–Crippen LogP) is 4.99. The van der Waals surface area contributed by atoms with Gasteiger partial charge in [0.05, 0.1) is 5.60 Å². The van der Waals surface area contributed by atoms with Crippen molar-refractivity contribution in [2.45, 2.75) is 57.1 Å². The van der Waals surface area contributed by atoms with Crippen molar-refractivity contribution in [3.63, 3.8) is 0 Å². The summed E-state index contributed by atoms with van der Waals surface area (Å²) in [6.07, 6.45) is 3.31. The van der Waals surface area contributed by atoms with Crippen LogP contribution in [0, 0.1) is 0 Å². The van der Waals surface area contributed by atoms with E-state index in [1.807, 2.05) is 11.3 Å². The molecule has 3 rings (SSSR count). The summed E-state index contributed by atoms with van der Waals surface area (Å²) in [6, 6.07) is 15.9. The van der Waals surface area contributed by atoms with Crippen LogP contribution in [0.4, 0.5) is 0 Å². The van der Waals surface area contributed by atoms with Gasteiger partial charge < -0.3 is 10.1 Å². The zero-order valence-electron chi connectivity index (χ0n) is 15.0. The average molecular weight is 344 g/mol. The lowest BCUT2D eigenvalue weighted by molar-refractivity contribution is -0.0628. The fourth-order valence-corrected chi connectivity index (χ4v) is 4.68. The molecule has 2 nitrogen and oxygen atoms in total. The highest BCUT2D eigenvalue weighted by Crippen LogP contribution is 2.37. The van der Waals surface area contributed by atoms with Gasteiger partial charge in [0, 0.05) is 22.9 Å². The molecule has 3 heteroatoms. The number of benzene rings is 1. The topological polar surface area (TPSA) is 21.3 Å². The lowest BCUT2D eigenvalue weighted by Gasteiger charge is -2.37. The first-order valence-corrected chi connectivity index (χ1v) is 9.84. The maximum atomic E-state index is 5.83. The van der Waals surface area contributed by atoms with Gasteiger partial charge in [0.2, 0.25) is 0 Å². The van der Waals surface area contributed by atoms with Crippen LogP contribution in [0.25, 0.3) is 0 Å². The molecular formula is C21H29NOS. The molecule has 0 spiro atoms. The van der Waals surface area contributed by atoms with Crippen LogP contribution in [0.15, 0.2) is 47.8 Å². The lowest BCUT2D eigenvalue weighted by Crippen LogP contribution is -2.44. The van der Waals surface area contributed by atoms with E-state index < -0.39 is 0 Å². The van der Waals surface area contributed by atoms with Gasteiger partial charge in [-0.2, -0.15) is 0 Å². The molecule has 0 unspecified atom stereocenters. The van der Waals surface area contributed by atoms with Crippen LogP contribution >= 0.6 is 11.3 Å². The molecule has 1 aliphatic rings. The van der Waals surface area contributed by atoms with E-state index in [1.165, 1.54) is 10.4 Å². The van der Waals surface area contributed by atoms with Crippen molar-refractivity contribution >= 4 is 11.3 Å². The van der Waals surface area contributed by atoms with Gasteiger partial charge in [-0.25, -0.2) is 0 Å². The second-order valence-corrected chi connectivity index (χ2v) is 8.63. The number of hydrogen-bond donors (Lipinski definition) is 1. The molecule has 1 fully saturated rings. The van der Waals surface area contributed by atoms with Crippen LogP contribution in [0.5, 0.6) is 0 Å². The number of nitrogens with one attached hydrogen (secondary N) is 1. The third-order valence-corrected chi connectivity index (χ3v) is 6.36. The van der Waals surface area contributed by atoms with Gasteiger partial charge in [-0.1, -0.05) is 43.3 Å². The molecule has 0 bridgehead atoms. The first kappa shape index (κ1) is 17.7. The van der Waals surface area contributed by atoms with Gasteiger partial charge in [0.1, 0.15) is 0 Å². The molecule has 1 aromatic heterocycles. The Labute approximate surface area is 150 Å². The third-order valence-electron chi connectivity index (χ3n) is 5.23. The van der Waals surface area contributed by atoms with Gasteiger partial charge >= 0.3 is 0 Å². The highest BCUT2D eigenvalue weighted by Gasteiger charge is 2.31. The highest BCUT2D eigenvalue weighted by atomic mass is 32.1. The predicted molar refractivity (Wildman–Crippen MR) is 103 cm³/mol. The Morgan fingerprint density at radius 2 is 2.00 bits per heavy atom. The molecule has 2 aromatic rings. The molecule has 0 saturated carbocycles. The third kappa shape index (κ3) is 4.08. The van der Waals surface area contributed by atoms with E-state index in [0.29, 0.717) is 6.04 Å². The molecule has 0 radical (unpaired) electrons. The Balaban J connectivity index is 1.67. The van der Waals surface area contributed by atoms with Crippen molar-refractivity contribution < 1.29 is 4.74 Å². The molecule has 0 aliphatic carbocycles. The van der Waals surface area contributed by atoms with Gasteiger partial charge in [-0.3, -0.25) is 0 Å². The van der Waals surface area contributed by atoms with Crippen LogP contribution in [0.1, 0.15) is 50.5 Å². The van der Waals surface area contributed by atoms with E-state index >= 15 is 0 Å². The summed E-state index contributed by atoms with van der Waals surface area (Å²) in [6.45, 7) is 8.67. The van der Waals surface area contributed by atoms with E-state index in [9.17, 15) is 0 Å². The largest absolute Gasteiger partial charge is 0.375 e. The van der Waals surface area contributed by atoms with Crippen molar-refractivity contribution in [1.29, 1.82) is 0 Å². The second-order valence-electron chi connectivity index (χ2n) is 7.68. The second kappa shape index (κ2) is 7.38. The summed E-state index contributed by atoms with van der Waals surface area (Å²) < 4.78 is 5.83. The number of ether oxygens (including phenoxy) is 1. The maximum absolute atomic E-state index is 5.83. The zero-order valence-corrected chi connectivity index (χ0v) is 15.9. The molecule has 130 valence electrons. The van der Waals surface area contributed by atoms with Crippen LogP contribution in [-0.4, -0.2) is 24.8 Å². The highest BCUT2D eigenvalue weighted by molar-refractivity contribution is 7.10. The summed E-state index contributed by atoms with van der Waals surface area (Å²) >= 11 is 1.86. The first-order valence-electron chi connectivity index (χ1n) is 8.96. The van der Waals surface area contributed by atoms with Crippen molar-refractivity contribution in [2.24, 2.45) is 0 Å². The molecular weight excluding hydrogens is 314 g/mol. The number of hydrogen-bond acceptors (Lipinski definition) is 3. The van der Waals surface area contributed by atoms with Crippen molar-refractivity contribution in [1.82, 2.24) is 5.32 Å². The lowest BCUT2D eigenvalue weighted by atomic mass is 9.78. The summed E-state index contributed by atoms with van der Waals surface area (Å²) in [5.74, 6) is 0. The monoisotopic (exact) mass is 343 g/mol. The SMILES string of the molecule is CC1(C)C[C@@H](NCC[C@@](C)(c2ccccc2)c2cccs2)CCO1. The molecule has 2 heterocycles. The minimum Gasteiger partial charge on any atom is -0.375 e. The fourth-order valence-electron chi connectivity index (χ4n) is 3.74. The van der Waals surface area contributed by atoms with Crippen LogP contribution in [0.2, 0.25) is 0 Å². The normalized spacial score (nSPS) is 22.9. The van der Waals surface area contributed by atoms with Crippen LogP contribution in [0.3, 0.4) is 0 Å². The van der Waals surface area contributed by atoms with E-state index in [-0.39, 0.29) is 11.0 Å². The average Bonchev–Trinajstić information content (AvgIpc) is 3.10. The molecule has 1 N–H and O–H groups in total. The minimum absolute atomic E-state index is 0.00635. The summed E-state index contributed by atoms with van der Waals surface area (Å²) in [5.41, 5.74) is 1.48. The standard InChI is InChI=1S/C21H29NOS/c1-20(2)16-18(11-14-23-20)22-13-12-21(3,19-10-7-15-24-19)17-8-5-4-6-9-17/h4-10,15,18,22H,11-14,16H2,1-3H3/t18-,21-/m0/s1. The molecule has 1 saturated heterocycles. The van der Waals surface area contributed by atoms with Crippen molar-refractivity contribution in [2.75, 3.05) is 13.2 Å². The minimum atomic E-state index is 0.00635. The first-order chi connectivity index (χ1) is 11.5. The summed E-state index contributed by atoms with van der Waals surface area (Å²) in [4.78, 5) is 1.45. The van der Waals surface area contributed by atoms with E-state index in [1.54, 1.807) is 0 Å². The fraction of sp³-hybridized carbons (Fsp3) is 0.524. The summed E-state index contributed by atoms with van der Waals surface area (Å²) in [7, 11) is 0. The Bertz CT molecular complexity index is 623. The van der Waals surface area contributed by atoms with Gasteiger partial charge in [0.15, 0.2) is 0 Å². The Morgan fingerprint density at radius 3 is 2.67 bits per heavy atom. The van der Waals surface area contributed by atoms with E-state index in [4.69, 9.17) is 4.74 Å². The Kier molecular flexibility index (Phi) is 5.43. The van der Waals surface area contributed by atoms with Crippen LogP contribution in [-0.2, 0) is 10.2 Å². The van der Waals surface area contributed by atoms with Gasteiger partial charge in [-0.05, 0) is 56.7 Å². The molecule has 1 aliphatic heterocycles. The maximum Gasteiger partial charge on any atom is 0.0641 e. The van der Waals surface area contributed by atoms with Crippen LogP contribution < -0.4 is 5.32 Å². The smallest absolute Gasteiger partial charge is 0.0641 e. The molecule has 24 heavy (non-hydrogen) atoms. The van der Waals surface area contributed by atoms with Gasteiger partial charge in [-0.15, -0.1) is 11.3 Å². The van der Waals surface area contributed by atoms with E-state index in [0.717, 1.165) is 32.4 Å². The number of thiophene rings is 1. The molecule has 0 amide bonds. The Morgan fingerprint density at radius 1 is 1.21 bits per heavy atom. The number of rotatable bonds is 6. The van der Waals surface area contributed by atoms with Gasteiger partial charge in [0.25, 0.3) is 0 Å². The van der Waals surface area contributed by atoms with Crippen molar-refractivity contribution in [3.8, 4) is 0 Å². The van der Waals surface area contributed by atoms with Crippen molar-refractivity contribution in [3.05, 3.63) is 58.3 Å². The molecule has 1 aromatic carbocycles. The summed E-state index contributed by atoms with van der Waals surface area (Å²) in [5, 5.41) is 5.97. The zero-order chi connectivity index (χ0) is 17.0. The quantitative estimate of drug-likeness (QED) is 0.797. The molecule has 2 atom stereocenters.